The molecule has 3 heterocycles. The summed E-state index contributed by atoms with van der Waals surface area (Å²) in [6.07, 6.45) is 3.19. The van der Waals surface area contributed by atoms with Crippen LogP contribution in [0.1, 0.15) is 33.5 Å². The Morgan fingerprint density at radius 1 is 1.09 bits per heavy atom. The maximum atomic E-state index is 13.5. The van der Waals surface area contributed by atoms with E-state index in [1.54, 1.807) is 65.8 Å². The van der Waals surface area contributed by atoms with Gasteiger partial charge in [0.15, 0.2) is 16.9 Å². The molecule has 1 amide bonds. The predicted molar refractivity (Wildman–Crippen MR) is 122 cm³/mol. The van der Waals surface area contributed by atoms with E-state index in [1.807, 2.05) is 6.07 Å². The van der Waals surface area contributed by atoms with Crippen LogP contribution in [-0.4, -0.2) is 24.5 Å². The Labute approximate surface area is 189 Å². The number of fused-ring (bicyclic) bond motifs is 2. The highest BCUT2D eigenvalue weighted by molar-refractivity contribution is 5.99. The molecule has 0 bridgehead atoms. The third-order valence-corrected chi connectivity index (χ3v) is 5.64. The van der Waals surface area contributed by atoms with Gasteiger partial charge in [0.1, 0.15) is 18.0 Å². The van der Waals surface area contributed by atoms with Crippen molar-refractivity contribution < 1.29 is 23.1 Å². The number of carbonyl (C=O) groups excluding carboxylic acids is 1. The van der Waals surface area contributed by atoms with Crippen LogP contribution in [0.15, 0.2) is 87.1 Å². The summed E-state index contributed by atoms with van der Waals surface area (Å²) in [5, 5.41) is 0.423. The predicted octanol–water partition coefficient (Wildman–Crippen LogP) is 4.70. The zero-order valence-corrected chi connectivity index (χ0v) is 17.9. The van der Waals surface area contributed by atoms with Crippen LogP contribution >= 0.6 is 0 Å². The van der Waals surface area contributed by atoms with Crippen molar-refractivity contribution in [3.8, 4) is 11.5 Å². The first-order chi connectivity index (χ1) is 16.1. The maximum absolute atomic E-state index is 13.5. The lowest BCUT2D eigenvalue weighted by molar-refractivity contribution is 0.0701. The summed E-state index contributed by atoms with van der Waals surface area (Å²) in [4.78, 5) is 28.6. The van der Waals surface area contributed by atoms with Crippen LogP contribution in [-0.2, 0) is 6.54 Å². The average Bonchev–Trinajstić information content (AvgIpc) is 3.45. The number of rotatable bonds is 7. The molecule has 0 spiro atoms. The van der Waals surface area contributed by atoms with E-state index >= 15 is 0 Å². The van der Waals surface area contributed by atoms with Crippen LogP contribution in [0.25, 0.3) is 11.0 Å². The number of carbonyl (C=O) groups is 1. The van der Waals surface area contributed by atoms with Crippen LogP contribution in [0.4, 0.5) is 0 Å². The summed E-state index contributed by atoms with van der Waals surface area (Å²) in [6, 6.07) is 15.1. The van der Waals surface area contributed by atoms with Gasteiger partial charge in [-0.1, -0.05) is 30.9 Å². The summed E-state index contributed by atoms with van der Waals surface area (Å²) in [5.74, 6) is 1.28. The molecule has 2 aromatic heterocycles. The lowest BCUT2D eigenvalue weighted by Gasteiger charge is -2.25. The molecule has 0 aliphatic carbocycles. The van der Waals surface area contributed by atoms with Crippen molar-refractivity contribution in [2.45, 2.75) is 12.6 Å². The molecule has 0 fully saturated rings. The Balaban J connectivity index is 1.69. The molecule has 1 aliphatic rings. The van der Waals surface area contributed by atoms with E-state index in [-0.39, 0.29) is 23.6 Å². The van der Waals surface area contributed by atoms with Gasteiger partial charge in [-0.15, -0.1) is 0 Å². The minimum Gasteiger partial charge on any atom is -0.493 e. The molecule has 0 saturated heterocycles. The van der Waals surface area contributed by atoms with Crippen LogP contribution in [0, 0.1) is 0 Å². The van der Waals surface area contributed by atoms with Gasteiger partial charge in [-0.05, 0) is 42.0 Å². The van der Waals surface area contributed by atoms with Gasteiger partial charge in [-0.25, -0.2) is 0 Å². The number of para-hydroxylation sites is 1. The average molecular weight is 443 g/mol. The molecule has 166 valence electrons. The molecule has 5 rings (SSSR count). The first kappa shape index (κ1) is 20.6. The summed E-state index contributed by atoms with van der Waals surface area (Å²) < 4.78 is 22.6. The van der Waals surface area contributed by atoms with Gasteiger partial charge in [0.05, 0.1) is 36.9 Å². The first-order valence-electron chi connectivity index (χ1n) is 10.4. The Morgan fingerprint density at radius 2 is 1.94 bits per heavy atom. The SMILES string of the molecule is C=CCOc1ccc(C2c3c(oc4ccccc4c3=O)C(=O)N2Cc2ccco2)cc1OC. The van der Waals surface area contributed by atoms with Crippen molar-refractivity contribution in [1.82, 2.24) is 4.90 Å². The number of benzene rings is 2. The normalized spacial score (nSPS) is 15.0. The molecule has 1 aliphatic heterocycles. The molecule has 0 saturated carbocycles. The van der Waals surface area contributed by atoms with Crippen molar-refractivity contribution in [2.75, 3.05) is 13.7 Å². The van der Waals surface area contributed by atoms with Crippen molar-refractivity contribution in [3.63, 3.8) is 0 Å². The topological polar surface area (TPSA) is 82.1 Å². The molecule has 0 radical (unpaired) electrons. The van der Waals surface area contributed by atoms with Gasteiger partial charge in [-0.3, -0.25) is 9.59 Å². The Hall–Kier alpha value is -4.26. The second kappa shape index (κ2) is 8.35. The molecule has 2 aromatic carbocycles. The van der Waals surface area contributed by atoms with Crippen LogP contribution in [0.2, 0.25) is 0 Å². The number of nitrogens with zero attached hydrogens (tertiary/aromatic N) is 1. The summed E-state index contributed by atoms with van der Waals surface area (Å²) in [7, 11) is 1.54. The molecular weight excluding hydrogens is 422 g/mol. The smallest absolute Gasteiger partial charge is 0.291 e. The number of amides is 1. The van der Waals surface area contributed by atoms with E-state index in [9.17, 15) is 9.59 Å². The molecule has 7 nitrogen and oxygen atoms in total. The van der Waals surface area contributed by atoms with Crippen molar-refractivity contribution >= 4 is 16.9 Å². The largest absolute Gasteiger partial charge is 0.493 e. The fraction of sp³-hybridized carbons (Fsp3) is 0.154. The fourth-order valence-corrected chi connectivity index (χ4v) is 4.17. The lowest BCUT2D eigenvalue weighted by atomic mass is 9.98. The van der Waals surface area contributed by atoms with E-state index in [4.69, 9.17) is 18.3 Å². The van der Waals surface area contributed by atoms with Crippen molar-refractivity contribution in [1.29, 1.82) is 0 Å². The Kier molecular flexibility index (Phi) is 5.22. The van der Waals surface area contributed by atoms with E-state index in [2.05, 4.69) is 6.58 Å². The van der Waals surface area contributed by atoms with Gasteiger partial charge >= 0.3 is 0 Å². The fourth-order valence-electron chi connectivity index (χ4n) is 4.17. The van der Waals surface area contributed by atoms with E-state index in [0.717, 1.165) is 0 Å². The standard InChI is InChI=1S/C26H21NO6/c1-3-12-32-20-11-10-16(14-21(20)30-2)23-22-24(28)18-8-4-5-9-19(18)33-25(22)26(29)27(23)15-17-7-6-13-31-17/h3-11,13-14,23H,1,12,15H2,2H3. The number of methoxy groups -OCH3 is 1. The van der Waals surface area contributed by atoms with Gasteiger partial charge in [0, 0.05) is 0 Å². The van der Waals surface area contributed by atoms with Crippen molar-refractivity contribution in [3.05, 3.63) is 106 Å². The molecule has 33 heavy (non-hydrogen) atoms. The number of ether oxygens (including phenoxy) is 2. The molecule has 4 aromatic rings. The molecule has 7 heteroatoms. The van der Waals surface area contributed by atoms with Gasteiger partial charge < -0.3 is 23.2 Å². The number of hydrogen-bond acceptors (Lipinski definition) is 6. The number of furan rings is 1. The second-order valence-corrected chi connectivity index (χ2v) is 7.60. The van der Waals surface area contributed by atoms with Crippen LogP contribution in [0.3, 0.4) is 0 Å². The zero-order valence-electron chi connectivity index (χ0n) is 17.9. The highest BCUT2D eigenvalue weighted by Gasteiger charge is 2.43. The van der Waals surface area contributed by atoms with Gasteiger partial charge in [0.25, 0.3) is 5.91 Å². The minimum atomic E-state index is -0.680. The Bertz CT molecular complexity index is 1400. The Morgan fingerprint density at radius 3 is 2.70 bits per heavy atom. The van der Waals surface area contributed by atoms with Gasteiger partial charge in [-0.2, -0.15) is 0 Å². The summed E-state index contributed by atoms with van der Waals surface area (Å²) in [6.45, 7) is 4.16. The lowest BCUT2D eigenvalue weighted by Crippen LogP contribution is -2.29. The highest BCUT2D eigenvalue weighted by atomic mass is 16.5. The first-order valence-corrected chi connectivity index (χ1v) is 10.4. The molecular formula is C26H21NO6. The van der Waals surface area contributed by atoms with Crippen molar-refractivity contribution in [2.24, 2.45) is 0 Å². The summed E-state index contributed by atoms with van der Waals surface area (Å²) in [5.41, 5.74) is 1.13. The molecule has 1 unspecified atom stereocenters. The molecule has 1 atom stereocenters. The van der Waals surface area contributed by atoms with Gasteiger partial charge in [0.2, 0.25) is 5.76 Å². The summed E-state index contributed by atoms with van der Waals surface area (Å²) >= 11 is 0. The van der Waals surface area contributed by atoms with Crippen LogP contribution in [0.5, 0.6) is 11.5 Å². The number of hydrogen-bond donors (Lipinski definition) is 0. The van der Waals surface area contributed by atoms with Crippen LogP contribution < -0.4 is 14.9 Å². The molecule has 0 N–H and O–H groups in total. The van der Waals surface area contributed by atoms with E-state index in [0.29, 0.717) is 46.0 Å². The highest BCUT2D eigenvalue weighted by Crippen LogP contribution is 2.41. The minimum absolute atomic E-state index is 0.0428. The third kappa shape index (κ3) is 3.47. The third-order valence-electron chi connectivity index (χ3n) is 5.64. The van der Waals surface area contributed by atoms with E-state index in [1.165, 1.54) is 7.11 Å². The maximum Gasteiger partial charge on any atom is 0.291 e. The monoisotopic (exact) mass is 443 g/mol. The quantitative estimate of drug-likeness (QED) is 0.385. The zero-order chi connectivity index (χ0) is 22.9. The van der Waals surface area contributed by atoms with E-state index < -0.39 is 6.04 Å². The second-order valence-electron chi connectivity index (χ2n) is 7.60.